The number of nitrogens with one attached hydrogen (secondary N) is 1. The fraction of sp³-hybridized carbons (Fsp3) is 0.167. The molecule has 0 bridgehead atoms. The van der Waals surface area contributed by atoms with E-state index in [4.69, 9.17) is 16.2 Å². The van der Waals surface area contributed by atoms with Crippen LogP contribution in [0.25, 0.3) is 0 Å². The van der Waals surface area contributed by atoms with E-state index < -0.39 is 0 Å². The summed E-state index contributed by atoms with van der Waals surface area (Å²) >= 11 is 0. The normalized spacial score (nSPS) is 13.5. The predicted molar refractivity (Wildman–Crippen MR) is 120 cm³/mol. The highest BCUT2D eigenvalue weighted by molar-refractivity contribution is 6.26. The van der Waals surface area contributed by atoms with E-state index in [1.165, 1.54) is 0 Å². The molecule has 1 N–H and O–H groups in total. The van der Waals surface area contributed by atoms with Gasteiger partial charge in [0.05, 0.1) is 6.61 Å². The van der Waals surface area contributed by atoms with Crippen LogP contribution in [0.15, 0.2) is 64.8 Å². The molecule has 0 spiro atoms. The van der Waals surface area contributed by atoms with E-state index in [1.807, 2.05) is 56.3 Å². The third-order valence-electron chi connectivity index (χ3n) is 4.50. The lowest BCUT2D eigenvalue weighted by Crippen LogP contribution is -2.12. The summed E-state index contributed by atoms with van der Waals surface area (Å²) in [5.74, 6) is 5.89. The molecule has 4 rings (SSSR count). The van der Waals surface area contributed by atoms with Crippen LogP contribution in [0.3, 0.4) is 0 Å². The topological polar surface area (TPSA) is 71.8 Å². The molecule has 0 aliphatic carbocycles. The number of pyridine rings is 2. The van der Waals surface area contributed by atoms with E-state index in [2.05, 4.69) is 26.2 Å². The molecule has 1 aliphatic rings. The van der Waals surface area contributed by atoms with Gasteiger partial charge in [-0.15, -0.1) is 12.3 Å². The first-order chi connectivity index (χ1) is 14.6. The van der Waals surface area contributed by atoms with Gasteiger partial charge in [0.1, 0.15) is 17.4 Å². The highest BCUT2D eigenvalue weighted by Crippen LogP contribution is 2.27. The second-order valence-corrected chi connectivity index (χ2v) is 6.94. The van der Waals surface area contributed by atoms with Crippen molar-refractivity contribution in [2.24, 2.45) is 9.98 Å². The molecule has 0 saturated heterocycles. The molecule has 0 fully saturated rings. The zero-order valence-electron chi connectivity index (χ0n) is 16.9. The number of hydrogen-bond donors (Lipinski definition) is 1. The van der Waals surface area contributed by atoms with Crippen molar-refractivity contribution in [3.63, 3.8) is 0 Å². The van der Waals surface area contributed by atoms with Gasteiger partial charge in [-0.25, -0.2) is 20.0 Å². The molecule has 0 unspecified atom stereocenters. The number of aromatic nitrogens is 2. The van der Waals surface area contributed by atoms with Gasteiger partial charge in [-0.2, -0.15) is 0 Å². The molecule has 6 nitrogen and oxygen atoms in total. The van der Waals surface area contributed by atoms with E-state index >= 15 is 0 Å². The van der Waals surface area contributed by atoms with Gasteiger partial charge < -0.3 is 10.1 Å². The minimum atomic E-state index is 0.459. The quantitative estimate of drug-likeness (QED) is 0.512. The second-order valence-electron chi connectivity index (χ2n) is 6.94. The molecule has 2 aromatic heterocycles. The summed E-state index contributed by atoms with van der Waals surface area (Å²) in [4.78, 5) is 18.1. The van der Waals surface area contributed by atoms with Gasteiger partial charge in [0.15, 0.2) is 11.7 Å². The molecule has 3 aromatic rings. The maximum atomic E-state index is 5.76. The summed E-state index contributed by atoms with van der Waals surface area (Å²) in [6.07, 6.45) is 9.37. The van der Waals surface area contributed by atoms with Gasteiger partial charge in [-0.1, -0.05) is 0 Å². The number of terminal acetylenes is 1. The van der Waals surface area contributed by atoms with Gasteiger partial charge in [0, 0.05) is 29.9 Å². The third-order valence-corrected chi connectivity index (χ3v) is 4.50. The molecule has 0 saturated carbocycles. The Morgan fingerprint density at radius 1 is 1.00 bits per heavy atom. The first-order valence-electron chi connectivity index (χ1n) is 9.63. The molecular weight excluding hydrogens is 374 g/mol. The van der Waals surface area contributed by atoms with Crippen LogP contribution in [0.4, 0.5) is 11.6 Å². The number of benzene rings is 1. The molecule has 1 aliphatic heterocycles. The molecule has 0 atom stereocenters. The molecule has 0 amide bonds. The highest BCUT2D eigenvalue weighted by atomic mass is 16.5. The van der Waals surface area contributed by atoms with Gasteiger partial charge in [0.2, 0.25) is 0 Å². The van der Waals surface area contributed by atoms with Crippen molar-refractivity contribution in [2.75, 3.05) is 11.9 Å². The number of ether oxygens (including phenoxy) is 1. The van der Waals surface area contributed by atoms with Gasteiger partial charge >= 0.3 is 0 Å². The Hall–Kier alpha value is -3.98. The number of anilines is 1. The fourth-order valence-corrected chi connectivity index (χ4v) is 3.06. The number of rotatable bonds is 5. The summed E-state index contributed by atoms with van der Waals surface area (Å²) in [6, 6.07) is 13.6. The molecule has 0 radical (unpaired) electrons. The molecule has 30 heavy (non-hydrogen) atoms. The van der Waals surface area contributed by atoms with Crippen LogP contribution in [0.2, 0.25) is 0 Å². The monoisotopic (exact) mass is 395 g/mol. The van der Waals surface area contributed by atoms with Crippen molar-refractivity contribution >= 4 is 23.3 Å². The van der Waals surface area contributed by atoms with Crippen molar-refractivity contribution in [1.82, 2.24) is 9.97 Å². The van der Waals surface area contributed by atoms with Crippen LogP contribution in [0.5, 0.6) is 5.75 Å². The van der Waals surface area contributed by atoms with E-state index in [-0.39, 0.29) is 0 Å². The van der Waals surface area contributed by atoms with Crippen molar-refractivity contribution in [2.45, 2.75) is 20.3 Å². The average Bonchev–Trinajstić information content (AvgIpc) is 3.05. The minimum absolute atomic E-state index is 0.459. The lowest BCUT2D eigenvalue weighted by molar-refractivity contribution is 0.327. The Morgan fingerprint density at radius 2 is 1.80 bits per heavy atom. The maximum absolute atomic E-state index is 5.76. The first-order valence-corrected chi connectivity index (χ1v) is 9.63. The van der Waals surface area contributed by atoms with E-state index in [0.717, 1.165) is 33.8 Å². The summed E-state index contributed by atoms with van der Waals surface area (Å²) in [6.45, 7) is 4.48. The van der Waals surface area contributed by atoms with E-state index in [0.29, 0.717) is 30.5 Å². The molecule has 148 valence electrons. The van der Waals surface area contributed by atoms with Crippen LogP contribution in [-0.4, -0.2) is 28.2 Å². The fourth-order valence-electron chi connectivity index (χ4n) is 3.06. The summed E-state index contributed by atoms with van der Waals surface area (Å²) in [7, 11) is 0. The minimum Gasteiger partial charge on any atom is -0.493 e. The number of amidine groups is 2. The second kappa shape index (κ2) is 8.58. The van der Waals surface area contributed by atoms with Gasteiger partial charge in [0.25, 0.3) is 0 Å². The Bertz CT molecular complexity index is 1190. The number of aryl methyl sites for hydroxylation is 2. The lowest BCUT2D eigenvalue weighted by atomic mass is 10.1. The number of nitrogens with zero attached hydrogens (tertiary/aromatic N) is 4. The van der Waals surface area contributed by atoms with Crippen LogP contribution in [0, 0.1) is 26.2 Å². The summed E-state index contributed by atoms with van der Waals surface area (Å²) in [5, 5.41) is 3.31. The smallest absolute Gasteiger partial charge is 0.164 e. The Balaban J connectivity index is 1.72. The molecule has 1 aromatic carbocycles. The van der Waals surface area contributed by atoms with Crippen molar-refractivity contribution in [3.05, 3.63) is 77.1 Å². The average molecular weight is 395 g/mol. The molecule has 6 heteroatoms. The van der Waals surface area contributed by atoms with E-state index in [1.54, 1.807) is 12.4 Å². The number of fused-ring (bicyclic) bond motifs is 1. The van der Waals surface area contributed by atoms with Crippen molar-refractivity contribution in [3.8, 4) is 18.1 Å². The standard InChI is InChI=1S/C24H21N5O/c1-4-5-12-30-18-6-7-19-20(15-18)24(28-22-14-17(3)9-11-26-22)29-23(19)27-21-13-16(2)8-10-25-21/h1,6-11,13-15H,5,12H2,2-3H3,(H,25,26,27,28,29). The lowest BCUT2D eigenvalue weighted by Gasteiger charge is -2.09. The summed E-state index contributed by atoms with van der Waals surface area (Å²) < 4.78 is 5.76. The third kappa shape index (κ3) is 4.36. The van der Waals surface area contributed by atoms with Crippen LogP contribution in [-0.2, 0) is 0 Å². The summed E-state index contributed by atoms with van der Waals surface area (Å²) in [5.41, 5.74) is 3.99. The predicted octanol–water partition coefficient (Wildman–Crippen LogP) is 4.45. The van der Waals surface area contributed by atoms with Crippen molar-refractivity contribution in [1.29, 1.82) is 0 Å². The molecule has 3 heterocycles. The SMILES string of the molecule is C#CCCOc1ccc2c(c1)C(=Nc1cc(C)ccn1)N=C2Nc1cc(C)ccn1. The van der Waals surface area contributed by atoms with Crippen LogP contribution >= 0.6 is 0 Å². The first kappa shape index (κ1) is 19.3. The number of aliphatic imine (C=N–C) groups is 2. The van der Waals surface area contributed by atoms with Gasteiger partial charge in [-0.05, 0) is 67.4 Å². The Labute approximate surface area is 175 Å². The highest BCUT2D eigenvalue weighted by Gasteiger charge is 2.23. The zero-order chi connectivity index (χ0) is 20.9. The van der Waals surface area contributed by atoms with E-state index in [9.17, 15) is 0 Å². The Morgan fingerprint density at radius 3 is 2.57 bits per heavy atom. The number of hydrogen-bond acceptors (Lipinski definition) is 5. The zero-order valence-corrected chi connectivity index (χ0v) is 16.9. The van der Waals surface area contributed by atoms with Crippen LogP contribution < -0.4 is 10.1 Å². The maximum Gasteiger partial charge on any atom is 0.164 e. The largest absolute Gasteiger partial charge is 0.493 e. The molecular formula is C24H21N5O. The van der Waals surface area contributed by atoms with Crippen molar-refractivity contribution < 1.29 is 4.74 Å². The van der Waals surface area contributed by atoms with Crippen LogP contribution in [0.1, 0.15) is 28.7 Å². The van der Waals surface area contributed by atoms with Gasteiger partial charge in [-0.3, -0.25) is 0 Å². The Kier molecular flexibility index (Phi) is 5.53.